The Morgan fingerprint density at radius 1 is 1.38 bits per heavy atom. The lowest BCUT2D eigenvalue weighted by Gasteiger charge is -2.08. The molecular formula is C16H20BrNO3. The van der Waals surface area contributed by atoms with Crippen LogP contribution in [0.15, 0.2) is 16.6 Å². The Hall–Kier alpha value is -1.49. The highest BCUT2D eigenvalue weighted by molar-refractivity contribution is 9.10. The van der Waals surface area contributed by atoms with E-state index in [0.29, 0.717) is 16.6 Å². The van der Waals surface area contributed by atoms with Crippen molar-refractivity contribution >= 4 is 32.8 Å². The lowest BCUT2D eigenvalue weighted by atomic mass is 10.1. The number of phenols is 1. The number of carbonyl (C=O) groups is 1. The number of benzene rings is 1. The molecule has 0 bridgehead atoms. The predicted octanol–water partition coefficient (Wildman–Crippen LogP) is 4.39. The zero-order chi connectivity index (χ0) is 15.6. The Morgan fingerprint density at radius 3 is 2.71 bits per heavy atom. The number of aromatic nitrogens is 1. The van der Waals surface area contributed by atoms with Crippen LogP contribution in [-0.2, 0) is 11.3 Å². The van der Waals surface area contributed by atoms with E-state index in [1.54, 1.807) is 13.0 Å². The fraction of sp³-hybridized carbons (Fsp3) is 0.438. The number of rotatable bonds is 5. The second-order valence-corrected chi connectivity index (χ2v) is 5.86. The van der Waals surface area contributed by atoms with Crippen LogP contribution >= 0.6 is 15.9 Å². The molecule has 0 saturated heterocycles. The Balaban J connectivity index is 2.69. The molecule has 1 N–H and O–H groups in total. The highest BCUT2D eigenvalue weighted by atomic mass is 79.9. The molecule has 0 fully saturated rings. The number of aryl methyl sites for hydroxylation is 1. The van der Waals surface area contributed by atoms with Crippen molar-refractivity contribution in [3.63, 3.8) is 0 Å². The summed E-state index contributed by atoms with van der Waals surface area (Å²) < 4.78 is 7.91. The first-order valence-electron chi connectivity index (χ1n) is 7.19. The number of aromatic hydroxyl groups is 1. The number of ether oxygens (including phenoxy) is 1. The highest BCUT2D eigenvalue weighted by Crippen LogP contribution is 2.34. The minimum absolute atomic E-state index is 0.126. The number of esters is 1. The maximum atomic E-state index is 12.2. The first kappa shape index (κ1) is 15.9. The van der Waals surface area contributed by atoms with E-state index in [4.69, 9.17) is 4.74 Å². The molecule has 0 spiro atoms. The van der Waals surface area contributed by atoms with E-state index in [1.165, 1.54) is 0 Å². The van der Waals surface area contributed by atoms with Gasteiger partial charge in [0, 0.05) is 17.6 Å². The second-order valence-electron chi connectivity index (χ2n) is 5.01. The van der Waals surface area contributed by atoms with Gasteiger partial charge in [-0.1, -0.05) is 13.3 Å². The van der Waals surface area contributed by atoms with Crippen molar-refractivity contribution in [1.29, 1.82) is 0 Å². The summed E-state index contributed by atoms with van der Waals surface area (Å²) in [6.07, 6.45) is 2.11. The Kier molecular flexibility index (Phi) is 4.93. The maximum Gasteiger partial charge on any atom is 0.340 e. The molecule has 1 heterocycles. The number of phenolic OH excluding ortho intramolecular Hbond substituents is 1. The number of halogens is 1. The summed E-state index contributed by atoms with van der Waals surface area (Å²) in [6.45, 7) is 7.03. The Morgan fingerprint density at radius 2 is 2.10 bits per heavy atom. The molecule has 0 atom stereocenters. The van der Waals surface area contributed by atoms with Crippen molar-refractivity contribution < 1.29 is 14.6 Å². The SMILES string of the molecule is CCCCn1c(C)c(C(=O)OCC)c2cc(O)c(Br)cc21. The molecule has 21 heavy (non-hydrogen) atoms. The Labute approximate surface area is 132 Å². The van der Waals surface area contributed by atoms with Crippen molar-refractivity contribution in [2.45, 2.75) is 40.2 Å². The van der Waals surface area contributed by atoms with Crippen LogP contribution in [0, 0.1) is 6.92 Å². The Bertz CT molecular complexity index is 676. The van der Waals surface area contributed by atoms with Gasteiger partial charge in [-0.15, -0.1) is 0 Å². The van der Waals surface area contributed by atoms with Crippen LogP contribution in [0.25, 0.3) is 10.9 Å². The van der Waals surface area contributed by atoms with Gasteiger partial charge in [0.1, 0.15) is 5.75 Å². The van der Waals surface area contributed by atoms with E-state index in [0.717, 1.165) is 36.0 Å². The normalized spacial score (nSPS) is 11.0. The minimum atomic E-state index is -0.336. The summed E-state index contributed by atoms with van der Waals surface area (Å²) in [4.78, 5) is 12.2. The van der Waals surface area contributed by atoms with E-state index in [2.05, 4.69) is 27.4 Å². The lowest BCUT2D eigenvalue weighted by Crippen LogP contribution is -2.07. The van der Waals surface area contributed by atoms with Crippen molar-refractivity contribution in [1.82, 2.24) is 4.57 Å². The molecular weight excluding hydrogens is 334 g/mol. The summed E-state index contributed by atoms with van der Waals surface area (Å²) in [5, 5.41) is 10.7. The van der Waals surface area contributed by atoms with Crippen molar-refractivity contribution in [2.24, 2.45) is 0 Å². The van der Waals surface area contributed by atoms with Crippen LogP contribution in [-0.4, -0.2) is 22.2 Å². The van der Waals surface area contributed by atoms with Gasteiger partial charge >= 0.3 is 5.97 Å². The third-order valence-electron chi connectivity index (χ3n) is 3.61. The van der Waals surface area contributed by atoms with Gasteiger partial charge < -0.3 is 14.4 Å². The fourth-order valence-electron chi connectivity index (χ4n) is 2.55. The zero-order valence-corrected chi connectivity index (χ0v) is 14.2. The van der Waals surface area contributed by atoms with Gasteiger partial charge in [-0.05, 0) is 48.3 Å². The maximum absolute atomic E-state index is 12.2. The second kappa shape index (κ2) is 6.52. The van der Waals surface area contributed by atoms with Gasteiger partial charge in [-0.3, -0.25) is 0 Å². The summed E-state index contributed by atoms with van der Waals surface area (Å²) in [5.41, 5.74) is 2.37. The van der Waals surface area contributed by atoms with Gasteiger partial charge in [-0.25, -0.2) is 4.79 Å². The third kappa shape index (κ3) is 2.93. The molecule has 0 aliphatic heterocycles. The molecule has 1 aromatic carbocycles. The zero-order valence-electron chi connectivity index (χ0n) is 12.6. The topological polar surface area (TPSA) is 51.5 Å². The van der Waals surface area contributed by atoms with Crippen LogP contribution in [0.1, 0.15) is 42.7 Å². The molecule has 2 rings (SSSR count). The summed E-state index contributed by atoms with van der Waals surface area (Å²) in [7, 11) is 0. The summed E-state index contributed by atoms with van der Waals surface area (Å²) in [6, 6.07) is 3.48. The molecule has 0 aliphatic carbocycles. The van der Waals surface area contributed by atoms with E-state index in [9.17, 15) is 9.90 Å². The van der Waals surface area contributed by atoms with Gasteiger partial charge in [0.25, 0.3) is 0 Å². The van der Waals surface area contributed by atoms with Crippen LogP contribution in [0.4, 0.5) is 0 Å². The lowest BCUT2D eigenvalue weighted by molar-refractivity contribution is 0.0527. The number of carbonyl (C=O) groups excluding carboxylic acids is 1. The predicted molar refractivity (Wildman–Crippen MR) is 86.9 cm³/mol. The molecule has 0 aliphatic rings. The first-order chi connectivity index (χ1) is 10.0. The van der Waals surface area contributed by atoms with Crippen LogP contribution in [0.5, 0.6) is 5.75 Å². The van der Waals surface area contributed by atoms with Crippen molar-refractivity contribution in [3.8, 4) is 5.75 Å². The molecule has 2 aromatic rings. The summed E-state index contributed by atoms with van der Waals surface area (Å²) in [5.74, 6) is -0.210. The number of unbranched alkanes of at least 4 members (excludes halogenated alkanes) is 1. The fourth-order valence-corrected chi connectivity index (χ4v) is 2.88. The van der Waals surface area contributed by atoms with Crippen LogP contribution in [0.3, 0.4) is 0 Å². The van der Waals surface area contributed by atoms with Gasteiger partial charge in [-0.2, -0.15) is 0 Å². The number of fused-ring (bicyclic) bond motifs is 1. The monoisotopic (exact) mass is 353 g/mol. The van der Waals surface area contributed by atoms with E-state index in [-0.39, 0.29) is 11.7 Å². The van der Waals surface area contributed by atoms with E-state index < -0.39 is 0 Å². The molecule has 0 saturated carbocycles. The highest BCUT2D eigenvalue weighted by Gasteiger charge is 2.22. The molecule has 0 radical (unpaired) electrons. The van der Waals surface area contributed by atoms with Gasteiger partial charge in [0.15, 0.2) is 0 Å². The molecule has 114 valence electrons. The smallest absolute Gasteiger partial charge is 0.340 e. The number of nitrogens with zero attached hydrogens (tertiary/aromatic N) is 1. The molecule has 4 nitrogen and oxygen atoms in total. The molecule has 0 amide bonds. The molecule has 0 unspecified atom stereocenters. The largest absolute Gasteiger partial charge is 0.507 e. The average Bonchev–Trinajstić information content (AvgIpc) is 2.69. The van der Waals surface area contributed by atoms with Gasteiger partial charge in [0.2, 0.25) is 0 Å². The standard InChI is InChI=1S/C16H20BrNO3/c1-4-6-7-18-10(3)15(16(20)21-5-2)11-8-14(19)12(17)9-13(11)18/h8-9,19H,4-7H2,1-3H3. The van der Waals surface area contributed by atoms with Crippen molar-refractivity contribution in [2.75, 3.05) is 6.61 Å². The first-order valence-corrected chi connectivity index (χ1v) is 7.98. The summed E-state index contributed by atoms with van der Waals surface area (Å²) >= 11 is 3.34. The quantitative estimate of drug-likeness (QED) is 0.810. The third-order valence-corrected chi connectivity index (χ3v) is 4.24. The van der Waals surface area contributed by atoms with Crippen LogP contribution < -0.4 is 0 Å². The number of hydrogen-bond acceptors (Lipinski definition) is 3. The van der Waals surface area contributed by atoms with Gasteiger partial charge in [0.05, 0.1) is 22.2 Å². The number of hydrogen-bond donors (Lipinski definition) is 1. The molecule has 5 heteroatoms. The van der Waals surface area contributed by atoms with Crippen LogP contribution in [0.2, 0.25) is 0 Å². The minimum Gasteiger partial charge on any atom is -0.507 e. The van der Waals surface area contributed by atoms with Crippen molar-refractivity contribution in [3.05, 3.63) is 27.9 Å². The van der Waals surface area contributed by atoms with E-state index in [1.807, 2.05) is 13.0 Å². The molecule has 1 aromatic heterocycles. The average molecular weight is 354 g/mol. The van der Waals surface area contributed by atoms with E-state index >= 15 is 0 Å².